The molecule has 1 heterocycles. The first-order chi connectivity index (χ1) is 7.15. The average molecular weight is 335 g/mol. The lowest BCUT2D eigenvalue weighted by atomic mass is 10.0. The van der Waals surface area contributed by atoms with Crippen LogP contribution in [0.1, 0.15) is 18.0 Å². The Labute approximate surface area is 104 Å². The van der Waals surface area contributed by atoms with Gasteiger partial charge >= 0.3 is 6.09 Å². The molecule has 2 rings (SSSR count). The number of benzene rings is 1. The van der Waals surface area contributed by atoms with Gasteiger partial charge in [0.25, 0.3) is 0 Å². The van der Waals surface area contributed by atoms with Crippen LogP contribution in [0, 0.1) is 0 Å². The van der Waals surface area contributed by atoms with Crippen molar-refractivity contribution in [3.63, 3.8) is 0 Å². The van der Waals surface area contributed by atoms with E-state index in [4.69, 9.17) is 4.74 Å². The molecule has 1 amide bonds. The van der Waals surface area contributed by atoms with Crippen molar-refractivity contribution in [3.8, 4) is 0 Å². The molecule has 1 aromatic rings. The molecule has 5 heteroatoms. The first-order valence-corrected chi connectivity index (χ1v) is 6.13. The minimum atomic E-state index is -0.345. The molecule has 0 spiro atoms. The van der Waals surface area contributed by atoms with Crippen molar-refractivity contribution in [2.75, 3.05) is 6.61 Å². The minimum absolute atomic E-state index is 0.0417. The number of carbonyl (C=O) groups is 1. The van der Waals surface area contributed by atoms with Crippen LogP contribution >= 0.6 is 31.9 Å². The topological polar surface area (TPSA) is 38.3 Å². The van der Waals surface area contributed by atoms with Crippen molar-refractivity contribution in [2.45, 2.75) is 12.5 Å². The van der Waals surface area contributed by atoms with Gasteiger partial charge in [-0.1, -0.05) is 31.9 Å². The highest BCUT2D eigenvalue weighted by atomic mass is 79.9. The zero-order valence-corrected chi connectivity index (χ0v) is 11.0. The Morgan fingerprint density at radius 3 is 2.53 bits per heavy atom. The van der Waals surface area contributed by atoms with E-state index in [0.29, 0.717) is 6.61 Å². The Kier molecular flexibility index (Phi) is 3.31. The molecule has 0 saturated carbocycles. The number of cyclic esters (lactones) is 1. The molecule has 0 aromatic heterocycles. The molecule has 15 heavy (non-hydrogen) atoms. The molecule has 1 aromatic carbocycles. The number of ether oxygens (including phenoxy) is 1. The normalized spacial score (nSPS) is 20.7. The summed E-state index contributed by atoms with van der Waals surface area (Å²) in [5, 5.41) is 2.78. The fraction of sp³-hybridized carbons (Fsp3) is 0.300. The number of alkyl carbamates (subject to hydrolysis) is 1. The third-order valence-electron chi connectivity index (χ3n) is 2.22. The van der Waals surface area contributed by atoms with Crippen molar-refractivity contribution in [1.29, 1.82) is 0 Å². The van der Waals surface area contributed by atoms with Gasteiger partial charge in [-0.05, 0) is 23.8 Å². The molecule has 80 valence electrons. The summed E-state index contributed by atoms with van der Waals surface area (Å²) < 4.78 is 6.80. The standard InChI is InChI=1S/C10H9Br2NO2/c11-7-3-6(4-8(12)5-7)9-1-2-15-10(14)13-9/h3-5,9H,1-2H2,(H,13,14)/t9-/m0/s1. The third kappa shape index (κ3) is 2.72. The van der Waals surface area contributed by atoms with Crippen molar-refractivity contribution >= 4 is 38.0 Å². The lowest BCUT2D eigenvalue weighted by Gasteiger charge is -2.24. The second-order valence-corrected chi connectivity index (χ2v) is 5.16. The van der Waals surface area contributed by atoms with Crippen LogP contribution in [0.4, 0.5) is 4.79 Å². The molecule has 1 fully saturated rings. The number of hydrogen-bond acceptors (Lipinski definition) is 2. The van der Waals surface area contributed by atoms with Crippen molar-refractivity contribution in [3.05, 3.63) is 32.7 Å². The monoisotopic (exact) mass is 333 g/mol. The summed E-state index contributed by atoms with van der Waals surface area (Å²) in [6.07, 6.45) is 0.455. The second kappa shape index (κ2) is 4.53. The van der Waals surface area contributed by atoms with Gasteiger partial charge < -0.3 is 10.1 Å². The highest BCUT2D eigenvalue weighted by Crippen LogP contribution is 2.27. The van der Waals surface area contributed by atoms with E-state index in [0.717, 1.165) is 20.9 Å². The van der Waals surface area contributed by atoms with Gasteiger partial charge in [0.2, 0.25) is 0 Å². The van der Waals surface area contributed by atoms with Crippen molar-refractivity contribution in [2.24, 2.45) is 0 Å². The third-order valence-corrected chi connectivity index (χ3v) is 3.13. The minimum Gasteiger partial charge on any atom is -0.449 e. The highest BCUT2D eigenvalue weighted by molar-refractivity contribution is 9.11. The van der Waals surface area contributed by atoms with Crippen LogP contribution < -0.4 is 5.32 Å². The quantitative estimate of drug-likeness (QED) is 0.855. The fourth-order valence-corrected chi connectivity index (χ4v) is 2.88. The van der Waals surface area contributed by atoms with Gasteiger partial charge in [-0.2, -0.15) is 0 Å². The zero-order valence-electron chi connectivity index (χ0n) is 7.80. The van der Waals surface area contributed by atoms with E-state index in [1.165, 1.54) is 0 Å². The smallest absolute Gasteiger partial charge is 0.407 e. The zero-order chi connectivity index (χ0) is 10.8. The second-order valence-electron chi connectivity index (χ2n) is 3.32. The lowest BCUT2D eigenvalue weighted by Crippen LogP contribution is -2.35. The lowest BCUT2D eigenvalue weighted by molar-refractivity contribution is 0.115. The predicted molar refractivity (Wildman–Crippen MR) is 63.7 cm³/mol. The van der Waals surface area contributed by atoms with Crippen LogP contribution in [0.15, 0.2) is 27.1 Å². The van der Waals surface area contributed by atoms with Crippen LogP contribution in [0.2, 0.25) is 0 Å². The Balaban J connectivity index is 2.24. The molecular formula is C10H9Br2NO2. The maximum absolute atomic E-state index is 11.1. The maximum atomic E-state index is 11.1. The SMILES string of the molecule is O=C1N[C@H](c2cc(Br)cc(Br)c2)CCO1. The number of carbonyl (C=O) groups excluding carboxylic acids is 1. The molecular weight excluding hydrogens is 326 g/mol. The van der Waals surface area contributed by atoms with Crippen LogP contribution in [0.3, 0.4) is 0 Å². The summed E-state index contributed by atoms with van der Waals surface area (Å²) in [6.45, 7) is 0.473. The van der Waals surface area contributed by atoms with Gasteiger partial charge in [-0.25, -0.2) is 4.79 Å². The van der Waals surface area contributed by atoms with Gasteiger partial charge in [0.05, 0.1) is 12.6 Å². The molecule has 1 aliphatic rings. The Bertz CT molecular complexity index is 375. The van der Waals surface area contributed by atoms with E-state index in [9.17, 15) is 4.79 Å². The Hall–Kier alpha value is -0.550. The molecule has 1 N–H and O–H groups in total. The summed E-state index contributed by atoms with van der Waals surface area (Å²) in [7, 11) is 0. The van der Waals surface area contributed by atoms with E-state index in [-0.39, 0.29) is 12.1 Å². The first kappa shape index (κ1) is 11.0. The van der Waals surface area contributed by atoms with Gasteiger partial charge in [-0.3, -0.25) is 0 Å². The molecule has 0 aliphatic carbocycles. The van der Waals surface area contributed by atoms with Gasteiger partial charge in [-0.15, -0.1) is 0 Å². The molecule has 0 radical (unpaired) electrons. The summed E-state index contributed by atoms with van der Waals surface area (Å²) in [6, 6.07) is 6.01. The average Bonchev–Trinajstić information content (AvgIpc) is 2.16. The van der Waals surface area contributed by atoms with Crippen LogP contribution in [-0.4, -0.2) is 12.7 Å². The summed E-state index contributed by atoms with van der Waals surface area (Å²) in [5.41, 5.74) is 1.08. The summed E-state index contributed by atoms with van der Waals surface area (Å²) >= 11 is 6.84. The molecule has 1 atom stereocenters. The molecule has 1 aliphatic heterocycles. The number of amides is 1. The van der Waals surface area contributed by atoms with Gasteiger partial charge in [0, 0.05) is 15.4 Å². The van der Waals surface area contributed by atoms with Crippen LogP contribution in [-0.2, 0) is 4.74 Å². The van der Waals surface area contributed by atoms with Gasteiger partial charge in [0.1, 0.15) is 0 Å². The van der Waals surface area contributed by atoms with Crippen LogP contribution in [0.25, 0.3) is 0 Å². The Morgan fingerprint density at radius 1 is 1.27 bits per heavy atom. The van der Waals surface area contributed by atoms with E-state index in [1.54, 1.807) is 0 Å². The van der Waals surface area contributed by atoms with Crippen molar-refractivity contribution in [1.82, 2.24) is 5.32 Å². The van der Waals surface area contributed by atoms with E-state index in [2.05, 4.69) is 37.2 Å². The fourth-order valence-electron chi connectivity index (χ4n) is 1.55. The number of halogens is 2. The number of nitrogens with one attached hydrogen (secondary N) is 1. The maximum Gasteiger partial charge on any atom is 0.407 e. The largest absolute Gasteiger partial charge is 0.449 e. The van der Waals surface area contributed by atoms with Crippen LogP contribution in [0.5, 0.6) is 0 Å². The van der Waals surface area contributed by atoms with E-state index in [1.807, 2.05) is 18.2 Å². The van der Waals surface area contributed by atoms with Gasteiger partial charge in [0.15, 0.2) is 0 Å². The molecule has 0 unspecified atom stereocenters. The van der Waals surface area contributed by atoms with Crippen molar-refractivity contribution < 1.29 is 9.53 Å². The highest BCUT2D eigenvalue weighted by Gasteiger charge is 2.21. The predicted octanol–water partition coefficient (Wildman–Crippen LogP) is 3.38. The molecule has 1 saturated heterocycles. The Morgan fingerprint density at radius 2 is 1.93 bits per heavy atom. The molecule has 3 nitrogen and oxygen atoms in total. The van der Waals surface area contributed by atoms with E-state index < -0.39 is 0 Å². The number of hydrogen-bond donors (Lipinski definition) is 1. The number of rotatable bonds is 1. The van der Waals surface area contributed by atoms with E-state index >= 15 is 0 Å². The first-order valence-electron chi connectivity index (χ1n) is 4.54. The summed E-state index contributed by atoms with van der Waals surface area (Å²) in [4.78, 5) is 11.1. The summed E-state index contributed by atoms with van der Waals surface area (Å²) in [5.74, 6) is 0. The molecule has 0 bridgehead atoms.